The molecule has 1 unspecified atom stereocenters. The normalized spacial score (nSPS) is 42.1. The van der Waals surface area contributed by atoms with Crippen molar-refractivity contribution in [3.05, 3.63) is 11.6 Å². The first-order chi connectivity index (χ1) is 15.6. The van der Waals surface area contributed by atoms with Crippen LogP contribution in [0, 0.1) is 46.3 Å². The third-order valence-corrected chi connectivity index (χ3v) is 12.7. The van der Waals surface area contributed by atoms with Crippen LogP contribution in [0.4, 0.5) is 0 Å². The van der Waals surface area contributed by atoms with E-state index in [0.717, 1.165) is 42.4 Å². The Morgan fingerprint density at radius 1 is 1.09 bits per heavy atom. The summed E-state index contributed by atoms with van der Waals surface area (Å²) in [6.45, 7) is 11.7. The molecule has 0 N–H and O–H groups in total. The zero-order chi connectivity index (χ0) is 24.0. The number of hydrogen-bond acceptors (Lipinski definition) is 2. The Balaban J connectivity index is 1.42. The van der Waals surface area contributed by atoms with E-state index in [1.807, 2.05) is 0 Å². The quantitative estimate of drug-likeness (QED) is 0.169. The Bertz CT molecular complexity index is 748. The average Bonchev–Trinajstić information content (AvgIpc) is 3.10. The molecule has 0 spiro atoms. The maximum Gasteiger partial charge on any atom is 0.302 e. The minimum Gasteiger partial charge on any atom is -0.462 e. The summed E-state index contributed by atoms with van der Waals surface area (Å²) >= 11 is 7.38. The van der Waals surface area contributed by atoms with Gasteiger partial charge in [0.05, 0.1) is 3.74 Å². The van der Waals surface area contributed by atoms with Gasteiger partial charge in [0.15, 0.2) is 0 Å². The van der Waals surface area contributed by atoms with E-state index in [9.17, 15) is 4.79 Å². The lowest BCUT2D eigenvalue weighted by Gasteiger charge is -2.58. The van der Waals surface area contributed by atoms with Crippen molar-refractivity contribution in [3.63, 3.8) is 0 Å². The summed E-state index contributed by atoms with van der Waals surface area (Å²) < 4.78 is 6.07. The van der Waals surface area contributed by atoms with Gasteiger partial charge in [0, 0.05) is 13.3 Å². The van der Waals surface area contributed by atoms with Crippen molar-refractivity contribution >= 4 is 37.8 Å². The highest BCUT2D eigenvalue weighted by Gasteiger charge is 2.59. The molecule has 4 aliphatic carbocycles. The molecule has 0 radical (unpaired) electrons. The van der Waals surface area contributed by atoms with Gasteiger partial charge in [-0.05, 0) is 97.7 Å². The number of fused-ring (bicyclic) bond motifs is 5. The zero-order valence-electron chi connectivity index (χ0n) is 21.5. The molecule has 9 atom stereocenters. The first kappa shape index (κ1) is 26.2. The zero-order valence-corrected chi connectivity index (χ0v) is 24.7. The molecule has 4 rings (SSSR count). The van der Waals surface area contributed by atoms with Crippen LogP contribution in [-0.2, 0) is 9.53 Å². The summed E-state index contributed by atoms with van der Waals surface area (Å²) in [5.41, 5.74) is 2.48. The SMILES string of the molecule is CC(=O)O[C@H]1CC[C@@]2(C)C(=CC[C@H]3[C@@H]4CC[C@H]([C@H](C)CCCC(C)C(Br)Br)[C@@]4(C)CC[C@@H]32)C1. The molecule has 0 amide bonds. The van der Waals surface area contributed by atoms with Gasteiger partial charge in [0.1, 0.15) is 6.10 Å². The third-order valence-electron chi connectivity index (χ3n) is 10.9. The van der Waals surface area contributed by atoms with E-state index in [2.05, 4.69) is 65.6 Å². The molecule has 3 fully saturated rings. The fourth-order valence-electron chi connectivity index (χ4n) is 9.03. The number of rotatable bonds is 7. The molecule has 0 heterocycles. The fraction of sp³-hybridized carbons (Fsp3) is 0.897. The smallest absolute Gasteiger partial charge is 0.302 e. The minimum atomic E-state index is -0.119. The van der Waals surface area contributed by atoms with Gasteiger partial charge in [-0.3, -0.25) is 4.79 Å². The summed E-state index contributed by atoms with van der Waals surface area (Å²) in [5.74, 6) is 4.92. The van der Waals surface area contributed by atoms with E-state index in [0.29, 0.717) is 20.5 Å². The lowest BCUT2D eigenvalue weighted by Crippen LogP contribution is -2.51. The molecule has 0 bridgehead atoms. The van der Waals surface area contributed by atoms with Gasteiger partial charge in [-0.15, -0.1) is 0 Å². The summed E-state index contributed by atoms with van der Waals surface area (Å²) in [4.78, 5) is 11.5. The highest BCUT2D eigenvalue weighted by atomic mass is 79.9. The number of hydrogen-bond donors (Lipinski definition) is 0. The molecule has 4 aliphatic rings. The minimum absolute atomic E-state index is 0.107. The van der Waals surface area contributed by atoms with Crippen LogP contribution in [0.15, 0.2) is 11.6 Å². The lowest BCUT2D eigenvalue weighted by molar-refractivity contribution is -0.148. The molecular weight excluding hydrogens is 540 g/mol. The Labute approximate surface area is 219 Å². The highest BCUT2D eigenvalue weighted by Crippen LogP contribution is 2.67. The molecule has 2 nitrogen and oxygen atoms in total. The number of carbonyl (C=O) groups is 1. The van der Waals surface area contributed by atoms with Gasteiger partial charge < -0.3 is 4.74 Å². The van der Waals surface area contributed by atoms with E-state index in [1.54, 1.807) is 12.5 Å². The summed E-state index contributed by atoms with van der Waals surface area (Å²) in [5, 5.41) is 0. The second-order valence-corrected chi connectivity index (χ2v) is 15.9. The van der Waals surface area contributed by atoms with Crippen molar-refractivity contribution in [2.24, 2.45) is 46.3 Å². The first-order valence-electron chi connectivity index (χ1n) is 13.7. The van der Waals surface area contributed by atoms with Gasteiger partial charge in [0.2, 0.25) is 0 Å². The van der Waals surface area contributed by atoms with Crippen molar-refractivity contribution in [2.45, 2.75) is 115 Å². The van der Waals surface area contributed by atoms with E-state index >= 15 is 0 Å². The van der Waals surface area contributed by atoms with Gasteiger partial charge in [-0.1, -0.05) is 84.0 Å². The Morgan fingerprint density at radius 3 is 2.55 bits per heavy atom. The van der Waals surface area contributed by atoms with Gasteiger partial charge >= 0.3 is 5.97 Å². The third kappa shape index (κ3) is 5.05. The fourth-order valence-corrected chi connectivity index (χ4v) is 9.56. The number of halogens is 2. The van der Waals surface area contributed by atoms with Crippen LogP contribution in [0.2, 0.25) is 0 Å². The number of alkyl halides is 2. The molecule has 188 valence electrons. The van der Waals surface area contributed by atoms with Crippen molar-refractivity contribution < 1.29 is 9.53 Å². The van der Waals surface area contributed by atoms with Crippen LogP contribution in [-0.4, -0.2) is 15.8 Å². The largest absolute Gasteiger partial charge is 0.462 e. The topological polar surface area (TPSA) is 26.3 Å². The molecule has 0 aromatic carbocycles. The van der Waals surface area contributed by atoms with Gasteiger partial charge in [-0.2, -0.15) is 0 Å². The van der Waals surface area contributed by atoms with Crippen LogP contribution in [0.25, 0.3) is 0 Å². The first-order valence-corrected chi connectivity index (χ1v) is 15.5. The van der Waals surface area contributed by atoms with Crippen LogP contribution >= 0.6 is 31.9 Å². The molecular formula is C29H46Br2O2. The summed E-state index contributed by atoms with van der Waals surface area (Å²) in [6.07, 6.45) is 16.9. The molecule has 33 heavy (non-hydrogen) atoms. The molecule has 3 saturated carbocycles. The number of ether oxygens (including phenoxy) is 1. The van der Waals surface area contributed by atoms with E-state index in [4.69, 9.17) is 4.74 Å². The second kappa shape index (κ2) is 10.3. The Kier molecular flexibility index (Phi) is 8.16. The Morgan fingerprint density at radius 2 is 1.85 bits per heavy atom. The maximum atomic E-state index is 11.5. The van der Waals surface area contributed by atoms with E-state index in [1.165, 1.54) is 57.8 Å². The molecule has 0 saturated heterocycles. The molecule has 0 aliphatic heterocycles. The van der Waals surface area contributed by atoms with E-state index in [-0.39, 0.29) is 12.1 Å². The predicted octanol–water partition coefficient (Wildman–Crippen LogP) is 9.06. The summed E-state index contributed by atoms with van der Waals surface area (Å²) in [7, 11) is 0. The lowest BCUT2D eigenvalue weighted by atomic mass is 9.47. The van der Waals surface area contributed by atoms with E-state index < -0.39 is 0 Å². The average molecular weight is 586 g/mol. The number of esters is 1. The molecule has 4 heteroatoms. The van der Waals surface area contributed by atoms with Crippen LogP contribution in [0.5, 0.6) is 0 Å². The number of allylic oxidation sites excluding steroid dienone is 1. The van der Waals surface area contributed by atoms with Crippen molar-refractivity contribution in [1.82, 2.24) is 0 Å². The van der Waals surface area contributed by atoms with Crippen LogP contribution in [0.3, 0.4) is 0 Å². The van der Waals surface area contributed by atoms with Gasteiger partial charge in [-0.25, -0.2) is 0 Å². The predicted molar refractivity (Wildman–Crippen MR) is 145 cm³/mol. The molecule has 0 aromatic heterocycles. The second-order valence-electron chi connectivity index (χ2n) is 12.7. The standard InChI is InChI=1S/C29H46Br2O2/c1-18(7-6-8-19(2)27(30)31)24-11-12-25-23-10-9-21-17-22(33-20(3)32)13-15-28(21,4)26(23)14-16-29(24,25)5/h9,18-19,22-27H,6-8,10-17H2,1-5H3/t18-,19?,22+,23+,24-,25+,26+,28+,29-/m1/s1. The van der Waals surface area contributed by atoms with Crippen LogP contribution in [0.1, 0.15) is 105 Å². The monoisotopic (exact) mass is 584 g/mol. The number of carbonyl (C=O) groups excluding carboxylic acids is 1. The van der Waals surface area contributed by atoms with Gasteiger partial charge in [0.25, 0.3) is 0 Å². The highest BCUT2D eigenvalue weighted by molar-refractivity contribution is 9.24. The van der Waals surface area contributed by atoms with Crippen molar-refractivity contribution in [2.75, 3.05) is 0 Å². The summed E-state index contributed by atoms with van der Waals surface area (Å²) in [6, 6.07) is 0. The Hall–Kier alpha value is 0.170. The van der Waals surface area contributed by atoms with Crippen LogP contribution < -0.4 is 0 Å². The maximum absolute atomic E-state index is 11.5. The van der Waals surface area contributed by atoms with Crippen molar-refractivity contribution in [3.8, 4) is 0 Å². The van der Waals surface area contributed by atoms with Crippen molar-refractivity contribution in [1.29, 1.82) is 0 Å². The molecule has 0 aromatic rings.